The smallest absolute Gasteiger partial charge is 0.135 e. The Morgan fingerprint density at radius 1 is 0.302 bits per heavy atom. The fourth-order valence-electron chi connectivity index (χ4n) is 6.91. The third-order valence-corrected chi connectivity index (χ3v) is 8.84. The van der Waals surface area contributed by atoms with Crippen LogP contribution in [0.25, 0.3) is 87.6 Å². The van der Waals surface area contributed by atoms with Gasteiger partial charge in [-0.3, -0.25) is 0 Å². The fraction of sp³-hybridized carbons (Fsp3) is 0. The van der Waals surface area contributed by atoms with Crippen LogP contribution >= 0.6 is 0 Å². The first-order valence-corrected chi connectivity index (χ1v) is 14.8. The molecule has 43 heavy (non-hydrogen) atoms. The predicted molar refractivity (Wildman–Crippen MR) is 183 cm³/mol. The third-order valence-electron chi connectivity index (χ3n) is 8.84. The van der Waals surface area contributed by atoms with Crippen molar-refractivity contribution < 1.29 is 4.42 Å². The highest BCUT2D eigenvalue weighted by Crippen LogP contribution is 2.47. The van der Waals surface area contributed by atoms with Crippen molar-refractivity contribution in [1.29, 1.82) is 0 Å². The van der Waals surface area contributed by atoms with Crippen molar-refractivity contribution in [2.24, 2.45) is 0 Å². The quantitative estimate of drug-likeness (QED) is 0.201. The average Bonchev–Trinajstić information content (AvgIpc) is 3.45. The molecule has 0 saturated carbocycles. The number of furan rings is 1. The van der Waals surface area contributed by atoms with Crippen LogP contribution in [0.2, 0.25) is 0 Å². The van der Waals surface area contributed by atoms with Crippen molar-refractivity contribution in [3.8, 4) is 33.4 Å². The Kier molecular flexibility index (Phi) is 5.27. The van der Waals surface area contributed by atoms with E-state index in [0.29, 0.717) is 0 Å². The van der Waals surface area contributed by atoms with Crippen molar-refractivity contribution in [2.45, 2.75) is 0 Å². The summed E-state index contributed by atoms with van der Waals surface area (Å²) in [5, 5.41) is 9.77. The van der Waals surface area contributed by atoms with E-state index in [4.69, 9.17) is 4.42 Å². The molecule has 0 fully saturated rings. The molecule has 200 valence electrons. The van der Waals surface area contributed by atoms with Crippen LogP contribution in [0.1, 0.15) is 0 Å². The van der Waals surface area contributed by atoms with Crippen molar-refractivity contribution in [2.75, 3.05) is 0 Å². The van der Waals surface area contributed by atoms with E-state index < -0.39 is 0 Å². The summed E-state index contributed by atoms with van der Waals surface area (Å²) in [6, 6.07) is 56.9. The lowest BCUT2D eigenvalue weighted by atomic mass is 9.83. The maximum Gasteiger partial charge on any atom is 0.135 e. The van der Waals surface area contributed by atoms with E-state index in [1.165, 1.54) is 65.7 Å². The maximum atomic E-state index is 6.19. The summed E-state index contributed by atoms with van der Waals surface area (Å²) in [6.45, 7) is 0. The second-order valence-corrected chi connectivity index (χ2v) is 11.3. The van der Waals surface area contributed by atoms with Gasteiger partial charge in [-0.15, -0.1) is 0 Å². The molecule has 0 aliphatic rings. The molecule has 0 amide bonds. The molecule has 0 unspecified atom stereocenters. The fourth-order valence-corrected chi connectivity index (χ4v) is 6.91. The van der Waals surface area contributed by atoms with Gasteiger partial charge in [0.2, 0.25) is 0 Å². The molecule has 0 saturated heterocycles. The van der Waals surface area contributed by atoms with Crippen molar-refractivity contribution in [1.82, 2.24) is 0 Å². The molecule has 1 nitrogen and oxygen atoms in total. The van der Waals surface area contributed by atoms with Crippen LogP contribution in [0.3, 0.4) is 0 Å². The maximum absolute atomic E-state index is 6.19. The average molecular weight is 547 g/mol. The highest BCUT2D eigenvalue weighted by Gasteiger charge is 2.20. The lowest BCUT2D eigenvalue weighted by molar-refractivity contribution is 0.669. The minimum absolute atomic E-state index is 0.916. The second-order valence-electron chi connectivity index (χ2n) is 11.3. The number of fused-ring (bicyclic) bond motifs is 6. The molecular formula is C42H26O. The lowest BCUT2D eigenvalue weighted by Gasteiger charge is -2.20. The van der Waals surface area contributed by atoms with Gasteiger partial charge in [-0.2, -0.15) is 0 Å². The van der Waals surface area contributed by atoms with Gasteiger partial charge in [0.1, 0.15) is 11.2 Å². The molecule has 1 heteroatoms. The lowest BCUT2D eigenvalue weighted by Crippen LogP contribution is -1.93. The molecule has 9 aromatic rings. The molecule has 0 N–H and O–H groups in total. The largest absolute Gasteiger partial charge is 0.456 e. The van der Waals surface area contributed by atoms with Crippen LogP contribution in [0, 0.1) is 0 Å². The van der Waals surface area contributed by atoms with Crippen molar-refractivity contribution >= 4 is 54.3 Å². The predicted octanol–water partition coefficient (Wildman–Crippen LogP) is 12.0. The summed E-state index contributed by atoms with van der Waals surface area (Å²) in [5.41, 5.74) is 9.27. The van der Waals surface area contributed by atoms with Gasteiger partial charge in [0.05, 0.1) is 0 Å². The van der Waals surface area contributed by atoms with Gasteiger partial charge in [0, 0.05) is 10.8 Å². The van der Waals surface area contributed by atoms with Crippen LogP contribution in [-0.4, -0.2) is 0 Å². The van der Waals surface area contributed by atoms with Crippen LogP contribution in [0.4, 0.5) is 0 Å². The zero-order chi connectivity index (χ0) is 28.3. The number of hydrogen-bond acceptors (Lipinski definition) is 1. The summed E-state index contributed by atoms with van der Waals surface area (Å²) in [4.78, 5) is 0. The molecule has 0 aliphatic heterocycles. The zero-order valence-electron chi connectivity index (χ0n) is 23.4. The summed E-state index contributed by atoms with van der Waals surface area (Å²) < 4.78 is 6.19. The topological polar surface area (TPSA) is 13.1 Å². The van der Waals surface area contributed by atoms with Crippen LogP contribution in [0.5, 0.6) is 0 Å². The number of benzene rings is 8. The van der Waals surface area contributed by atoms with E-state index in [2.05, 4.69) is 146 Å². The normalized spacial score (nSPS) is 11.7. The van der Waals surface area contributed by atoms with Crippen molar-refractivity contribution in [3.05, 3.63) is 158 Å². The highest BCUT2D eigenvalue weighted by molar-refractivity contribution is 6.23. The Bertz CT molecular complexity index is 2440. The molecule has 0 aliphatic carbocycles. The first-order valence-electron chi connectivity index (χ1n) is 14.8. The summed E-state index contributed by atoms with van der Waals surface area (Å²) >= 11 is 0. The molecule has 8 aromatic carbocycles. The monoisotopic (exact) mass is 546 g/mol. The van der Waals surface area contributed by atoms with E-state index in [-0.39, 0.29) is 0 Å². The molecule has 9 rings (SSSR count). The molecular weight excluding hydrogens is 520 g/mol. The number of rotatable bonds is 3. The second kappa shape index (κ2) is 9.44. The Labute approximate surface area is 249 Å². The summed E-state index contributed by atoms with van der Waals surface area (Å²) in [7, 11) is 0. The van der Waals surface area contributed by atoms with Gasteiger partial charge >= 0.3 is 0 Å². The van der Waals surface area contributed by atoms with E-state index in [9.17, 15) is 0 Å². The van der Waals surface area contributed by atoms with Gasteiger partial charge in [-0.25, -0.2) is 0 Å². The van der Waals surface area contributed by atoms with E-state index in [1.54, 1.807) is 0 Å². The first kappa shape index (κ1) is 24.0. The minimum Gasteiger partial charge on any atom is -0.456 e. The molecule has 1 heterocycles. The van der Waals surface area contributed by atoms with Crippen molar-refractivity contribution in [3.63, 3.8) is 0 Å². The van der Waals surface area contributed by atoms with Crippen LogP contribution in [0.15, 0.2) is 162 Å². The number of para-hydroxylation sites is 1. The van der Waals surface area contributed by atoms with Crippen LogP contribution in [-0.2, 0) is 0 Å². The SMILES string of the molecule is c1ccc(-c2cc3ccccc3cc2-c2c3ccccc3c(-c3ccc4oc5ccccc5c4c3)c3ccccc23)cc1. The van der Waals surface area contributed by atoms with E-state index in [0.717, 1.165) is 21.9 Å². The number of hydrogen-bond donors (Lipinski definition) is 0. The van der Waals surface area contributed by atoms with E-state index >= 15 is 0 Å². The van der Waals surface area contributed by atoms with Gasteiger partial charge < -0.3 is 4.42 Å². The Morgan fingerprint density at radius 3 is 1.49 bits per heavy atom. The Balaban J connectivity index is 1.41. The molecule has 0 atom stereocenters. The van der Waals surface area contributed by atoms with Gasteiger partial charge in [-0.1, -0.05) is 127 Å². The van der Waals surface area contributed by atoms with Gasteiger partial charge in [0.25, 0.3) is 0 Å². The Morgan fingerprint density at radius 2 is 0.814 bits per heavy atom. The standard InChI is InChI=1S/C42H26O/c1-2-12-27(13-3-1)36-24-28-14-4-5-15-29(28)25-38(36)42-34-19-8-6-17-32(34)41(33-18-7-9-20-35(33)42)30-22-23-40-37(26-30)31-16-10-11-21-39(31)43-40/h1-26H. The van der Waals surface area contributed by atoms with Gasteiger partial charge in [-0.05, 0) is 96.0 Å². The van der Waals surface area contributed by atoms with Crippen LogP contribution < -0.4 is 0 Å². The molecule has 1 aromatic heterocycles. The summed E-state index contributed by atoms with van der Waals surface area (Å²) in [6.07, 6.45) is 0. The summed E-state index contributed by atoms with van der Waals surface area (Å²) in [5.74, 6) is 0. The van der Waals surface area contributed by atoms with Gasteiger partial charge in [0.15, 0.2) is 0 Å². The molecule has 0 spiro atoms. The van der Waals surface area contributed by atoms with E-state index in [1.807, 2.05) is 12.1 Å². The molecule has 0 bridgehead atoms. The first-order chi connectivity index (χ1) is 21.3. The molecule has 0 radical (unpaired) electrons. The third kappa shape index (κ3) is 3.72. The minimum atomic E-state index is 0.916. The Hall–Kier alpha value is -5.66. The highest BCUT2D eigenvalue weighted by atomic mass is 16.3. The zero-order valence-corrected chi connectivity index (χ0v) is 23.4.